The van der Waals surface area contributed by atoms with E-state index in [2.05, 4.69) is 23.0 Å². The highest BCUT2D eigenvalue weighted by molar-refractivity contribution is 7.10. The lowest BCUT2D eigenvalue weighted by Gasteiger charge is -2.03. The summed E-state index contributed by atoms with van der Waals surface area (Å²) >= 11 is 1.66. The van der Waals surface area contributed by atoms with Gasteiger partial charge in [-0.05, 0) is 23.4 Å². The molecule has 0 bridgehead atoms. The van der Waals surface area contributed by atoms with Gasteiger partial charge >= 0.3 is 6.09 Å². The standard InChI is InChI=1S/C9H13NO2S/c1-3-7-4-5-13-8(7)6-10-9(11)12-2/h4-5H,3,6H2,1-2H3,(H,10,11). The summed E-state index contributed by atoms with van der Waals surface area (Å²) in [6.07, 6.45) is 0.622. The van der Waals surface area contributed by atoms with Gasteiger partial charge in [0.1, 0.15) is 0 Å². The molecule has 0 aliphatic rings. The molecule has 4 heteroatoms. The maximum Gasteiger partial charge on any atom is 0.407 e. The average Bonchev–Trinajstić information content (AvgIpc) is 2.61. The first-order valence-corrected chi connectivity index (χ1v) is 5.03. The van der Waals surface area contributed by atoms with Crippen molar-refractivity contribution >= 4 is 17.4 Å². The fraction of sp³-hybridized carbons (Fsp3) is 0.444. The number of hydrogen-bond acceptors (Lipinski definition) is 3. The molecule has 1 rings (SSSR count). The molecule has 1 aromatic heterocycles. The molecule has 0 spiro atoms. The predicted molar refractivity (Wildman–Crippen MR) is 52.9 cm³/mol. The predicted octanol–water partition coefficient (Wildman–Crippen LogP) is 2.17. The summed E-state index contributed by atoms with van der Waals surface area (Å²) in [6, 6.07) is 2.08. The van der Waals surface area contributed by atoms with Gasteiger partial charge in [-0.1, -0.05) is 6.92 Å². The minimum Gasteiger partial charge on any atom is -0.453 e. The topological polar surface area (TPSA) is 38.3 Å². The number of nitrogens with one attached hydrogen (secondary N) is 1. The fourth-order valence-electron chi connectivity index (χ4n) is 1.06. The molecule has 0 saturated carbocycles. The summed E-state index contributed by atoms with van der Waals surface area (Å²) in [5.41, 5.74) is 1.29. The van der Waals surface area contributed by atoms with E-state index in [1.54, 1.807) is 11.3 Å². The summed E-state index contributed by atoms with van der Waals surface area (Å²) in [5, 5.41) is 4.69. The molecule has 1 N–H and O–H groups in total. The number of ether oxygens (including phenoxy) is 1. The number of methoxy groups -OCH3 is 1. The number of aryl methyl sites for hydroxylation is 1. The van der Waals surface area contributed by atoms with Crippen molar-refractivity contribution in [3.05, 3.63) is 21.9 Å². The van der Waals surface area contributed by atoms with E-state index in [-0.39, 0.29) is 6.09 Å². The molecule has 72 valence electrons. The van der Waals surface area contributed by atoms with Gasteiger partial charge in [-0.2, -0.15) is 0 Å². The van der Waals surface area contributed by atoms with E-state index in [9.17, 15) is 4.79 Å². The Hall–Kier alpha value is -1.03. The lowest BCUT2D eigenvalue weighted by molar-refractivity contribution is 0.170. The summed E-state index contributed by atoms with van der Waals surface area (Å²) in [4.78, 5) is 12.0. The third kappa shape index (κ3) is 2.73. The Bertz CT molecular complexity index is 283. The quantitative estimate of drug-likeness (QED) is 0.810. The minimum atomic E-state index is -0.379. The number of thiophene rings is 1. The van der Waals surface area contributed by atoms with Crippen molar-refractivity contribution in [1.82, 2.24) is 5.32 Å². The first-order valence-electron chi connectivity index (χ1n) is 4.15. The monoisotopic (exact) mass is 199 g/mol. The molecule has 3 nitrogen and oxygen atoms in total. The molecule has 0 aromatic carbocycles. The lowest BCUT2D eigenvalue weighted by atomic mass is 10.2. The SMILES string of the molecule is CCc1ccsc1CNC(=O)OC. The zero-order valence-corrected chi connectivity index (χ0v) is 8.61. The van der Waals surface area contributed by atoms with Crippen molar-refractivity contribution in [3.8, 4) is 0 Å². The minimum absolute atomic E-state index is 0.379. The second kappa shape index (κ2) is 4.87. The number of hydrogen-bond donors (Lipinski definition) is 1. The van der Waals surface area contributed by atoms with E-state index in [1.807, 2.05) is 5.38 Å². The van der Waals surface area contributed by atoms with Gasteiger partial charge in [0.15, 0.2) is 0 Å². The summed E-state index contributed by atoms with van der Waals surface area (Å²) < 4.78 is 4.48. The maximum atomic E-state index is 10.8. The molecule has 0 aliphatic carbocycles. The molecule has 0 atom stereocenters. The number of alkyl carbamates (subject to hydrolysis) is 1. The van der Waals surface area contributed by atoms with Gasteiger partial charge in [0.2, 0.25) is 0 Å². The van der Waals surface area contributed by atoms with Crippen LogP contribution < -0.4 is 5.32 Å². The van der Waals surface area contributed by atoms with Crippen LogP contribution in [0.4, 0.5) is 4.79 Å². The first kappa shape index (κ1) is 10.1. The van der Waals surface area contributed by atoms with Crippen molar-refractivity contribution < 1.29 is 9.53 Å². The van der Waals surface area contributed by atoms with Crippen molar-refractivity contribution in [3.63, 3.8) is 0 Å². The molecular formula is C9H13NO2S. The molecule has 0 unspecified atom stereocenters. The molecule has 13 heavy (non-hydrogen) atoms. The van der Waals surface area contributed by atoms with Crippen LogP contribution in [-0.4, -0.2) is 13.2 Å². The van der Waals surface area contributed by atoms with Gasteiger partial charge in [0.05, 0.1) is 13.7 Å². The highest BCUT2D eigenvalue weighted by Gasteiger charge is 2.04. The van der Waals surface area contributed by atoms with Crippen LogP contribution in [0, 0.1) is 0 Å². The van der Waals surface area contributed by atoms with Crippen molar-refractivity contribution in [2.75, 3.05) is 7.11 Å². The smallest absolute Gasteiger partial charge is 0.407 e. The lowest BCUT2D eigenvalue weighted by Crippen LogP contribution is -2.22. The van der Waals surface area contributed by atoms with Crippen LogP contribution >= 0.6 is 11.3 Å². The Kier molecular flexibility index (Phi) is 3.76. The van der Waals surface area contributed by atoms with Crippen molar-refractivity contribution in [2.24, 2.45) is 0 Å². The zero-order valence-electron chi connectivity index (χ0n) is 7.79. The molecule has 1 aromatic rings. The Balaban J connectivity index is 2.49. The van der Waals surface area contributed by atoms with Crippen LogP contribution in [0.15, 0.2) is 11.4 Å². The van der Waals surface area contributed by atoms with E-state index >= 15 is 0 Å². The van der Waals surface area contributed by atoms with Crippen molar-refractivity contribution in [1.29, 1.82) is 0 Å². The van der Waals surface area contributed by atoms with Gasteiger partial charge in [-0.3, -0.25) is 0 Å². The molecule has 1 amide bonds. The summed E-state index contributed by atoms with van der Waals surface area (Å²) in [5.74, 6) is 0. The van der Waals surface area contributed by atoms with E-state index in [0.717, 1.165) is 6.42 Å². The Morgan fingerprint density at radius 3 is 3.08 bits per heavy atom. The van der Waals surface area contributed by atoms with E-state index in [4.69, 9.17) is 0 Å². The molecule has 0 radical (unpaired) electrons. The zero-order chi connectivity index (χ0) is 9.68. The Morgan fingerprint density at radius 2 is 2.46 bits per heavy atom. The summed E-state index contributed by atoms with van der Waals surface area (Å²) in [6.45, 7) is 2.66. The van der Waals surface area contributed by atoms with Crippen LogP contribution in [0.3, 0.4) is 0 Å². The molecular weight excluding hydrogens is 186 g/mol. The fourth-order valence-corrected chi connectivity index (χ4v) is 1.98. The van der Waals surface area contributed by atoms with Crippen LogP contribution in [0.2, 0.25) is 0 Å². The van der Waals surface area contributed by atoms with Gasteiger partial charge in [0.25, 0.3) is 0 Å². The average molecular weight is 199 g/mol. The third-order valence-electron chi connectivity index (χ3n) is 1.80. The largest absolute Gasteiger partial charge is 0.453 e. The van der Waals surface area contributed by atoms with E-state index < -0.39 is 0 Å². The van der Waals surface area contributed by atoms with Crippen LogP contribution in [-0.2, 0) is 17.7 Å². The molecule has 1 heterocycles. The molecule has 0 aliphatic heterocycles. The van der Waals surface area contributed by atoms with Gasteiger partial charge in [0, 0.05) is 4.88 Å². The normalized spacial score (nSPS) is 9.69. The highest BCUT2D eigenvalue weighted by Crippen LogP contribution is 2.16. The van der Waals surface area contributed by atoms with Gasteiger partial charge in [-0.15, -0.1) is 11.3 Å². The van der Waals surface area contributed by atoms with Gasteiger partial charge in [-0.25, -0.2) is 4.79 Å². The maximum absolute atomic E-state index is 10.8. The number of carbonyl (C=O) groups excluding carboxylic acids is 1. The van der Waals surface area contributed by atoms with Crippen LogP contribution in [0.25, 0.3) is 0 Å². The number of carbonyl (C=O) groups is 1. The molecule has 0 saturated heterocycles. The van der Waals surface area contributed by atoms with Gasteiger partial charge < -0.3 is 10.1 Å². The first-order chi connectivity index (χ1) is 6.27. The second-order valence-electron chi connectivity index (χ2n) is 2.57. The summed E-state index contributed by atoms with van der Waals surface area (Å²) in [7, 11) is 1.37. The van der Waals surface area contributed by atoms with Crippen LogP contribution in [0.5, 0.6) is 0 Å². The third-order valence-corrected chi connectivity index (χ3v) is 2.76. The van der Waals surface area contributed by atoms with Crippen LogP contribution in [0.1, 0.15) is 17.4 Å². The number of rotatable bonds is 3. The second-order valence-corrected chi connectivity index (χ2v) is 3.57. The Labute approximate surface area is 81.7 Å². The van der Waals surface area contributed by atoms with E-state index in [1.165, 1.54) is 17.6 Å². The molecule has 0 fully saturated rings. The van der Waals surface area contributed by atoms with E-state index in [0.29, 0.717) is 6.54 Å². The Morgan fingerprint density at radius 1 is 1.69 bits per heavy atom. The highest BCUT2D eigenvalue weighted by atomic mass is 32.1. The number of amides is 1. The van der Waals surface area contributed by atoms with Crippen molar-refractivity contribution in [2.45, 2.75) is 19.9 Å².